The number of nitrogens with zero attached hydrogens (tertiary/aromatic N) is 3. The van der Waals surface area contributed by atoms with Gasteiger partial charge in [0.15, 0.2) is 17.5 Å². The second-order valence-electron chi connectivity index (χ2n) is 11.6. The number of hydrogen-bond donors (Lipinski definition) is 0. The first kappa shape index (κ1) is 27.3. The molecule has 3 nitrogen and oxygen atoms in total. The molecule has 0 N–H and O–H groups in total. The molecule has 0 amide bonds. The van der Waals surface area contributed by atoms with E-state index in [0.29, 0.717) is 17.5 Å². The van der Waals surface area contributed by atoms with Gasteiger partial charge in [0.1, 0.15) is 0 Å². The van der Waals surface area contributed by atoms with Crippen molar-refractivity contribution in [3.05, 3.63) is 164 Å². The van der Waals surface area contributed by atoms with Crippen molar-refractivity contribution in [1.82, 2.24) is 15.0 Å². The molecule has 7 aromatic carbocycles. The third kappa shape index (κ3) is 4.87. The van der Waals surface area contributed by atoms with Crippen LogP contribution in [0.1, 0.15) is 0 Å². The van der Waals surface area contributed by atoms with Crippen molar-refractivity contribution in [3.8, 4) is 55.7 Å². The Kier molecular flexibility index (Phi) is 6.65. The van der Waals surface area contributed by atoms with Crippen molar-refractivity contribution in [2.75, 3.05) is 0 Å². The van der Waals surface area contributed by atoms with Crippen molar-refractivity contribution in [2.45, 2.75) is 0 Å². The van der Waals surface area contributed by atoms with Crippen LogP contribution in [0.3, 0.4) is 0 Å². The lowest BCUT2D eigenvalue weighted by Crippen LogP contribution is -2.01. The van der Waals surface area contributed by atoms with E-state index in [4.69, 9.17) is 15.0 Å². The largest absolute Gasteiger partial charge is 0.208 e. The van der Waals surface area contributed by atoms with E-state index < -0.39 is 0 Å². The highest BCUT2D eigenvalue weighted by Crippen LogP contribution is 2.43. The van der Waals surface area contributed by atoms with E-state index in [1.807, 2.05) is 6.07 Å². The highest BCUT2D eigenvalue weighted by molar-refractivity contribution is 7.22. The molecule has 9 rings (SSSR count). The Hall–Kier alpha value is -5.97. The van der Waals surface area contributed by atoms with Crippen molar-refractivity contribution in [1.29, 1.82) is 0 Å². The van der Waals surface area contributed by atoms with E-state index >= 15 is 0 Å². The van der Waals surface area contributed by atoms with Crippen LogP contribution < -0.4 is 0 Å². The summed E-state index contributed by atoms with van der Waals surface area (Å²) >= 11 is 1.71. The molecule has 0 unspecified atom stereocenters. The first-order valence-corrected chi connectivity index (χ1v) is 16.5. The molecule has 0 radical (unpaired) electrons. The molecule has 47 heavy (non-hydrogen) atoms. The van der Waals surface area contributed by atoms with Crippen LogP contribution >= 0.6 is 11.3 Å². The average Bonchev–Trinajstić information content (AvgIpc) is 3.59. The van der Waals surface area contributed by atoms with E-state index in [1.165, 1.54) is 32.0 Å². The van der Waals surface area contributed by atoms with Crippen LogP contribution in [0.4, 0.5) is 0 Å². The number of hydrogen-bond acceptors (Lipinski definition) is 4. The van der Waals surface area contributed by atoms with Gasteiger partial charge in [-0.3, -0.25) is 0 Å². The molecule has 4 heteroatoms. The van der Waals surface area contributed by atoms with Gasteiger partial charge in [0.2, 0.25) is 0 Å². The van der Waals surface area contributed by atoms with Gasteiger partial charge < -0.3 is 0 Å². The normalized spacial score (nSPS) is 11.4. The van der Waals surface area contributed by atoms with Crippen LogP contribution in [-0.4, -0.2) is 15.0 Å². The second kappa shape index (κ2) is 11.4. The summed E-state index contributed by atoms with van der Waals surface area (Å²) in [4.78, 5) is 16.7. The maximum Gasteiger partial charge on any atom is 0.174 e. The Morgan fingerprint density at radius 1 is 0.340 bits per heavy atom. The van der Waals surface area contributed by atoms with E-state index in [9.17, 15) is 0 Å². The summed E-state index contributed by atoms with van der Waals surface area (Å²) in [5, 5.41) is 5.75. The first-order chi connectivity index (χ1) is 23.3. The van der Waals surface area contributed by atoms with Crippen molar-refractivity contribution in [2.24, 2.45) is 0 Å². The zero-order valence-corrected chi connectivity index (χ0v) is 26.2. The Morgan fingerprint density at radius 2 is 0.851 bits per heavy atom. The Bertz CT molecular complexity index is 2480. The zero-order chi connectivity index (χ0) is 31.2. The van der Waals surface area contributed by atoms with Gasteiger partial charge in [-0.05, 0) is 67.4 Å². The van der Waals surface area contributed by atoms with Crippen LogP contribution in [0.15, 0.2) is 164 Å². The number of aromatic nitrogens is 3. The predicted molar refractivity (Wildman–Crippen MR) is 197 cm³/mol. The number of fused-ring (bicyclic) bond motifs is 3. The van der Waals surface area contributed by atoms with E-state index in [1.54, 1.807) is 11.3 Å². The molecule has 0 spiro atoms. The lowest BCUT2D eigenvalue weighted by molar-refractivity contribution is 1.08. The minimum absolute atomic E-state index is 0.653. The van der Waals surface area contributed by atoms with E-state index in [2.05, 4.69) is 158 Å². The summed E-state index contributed by atoms with van der Waals surface area (Å²) in [6.07, 6.45) is 0. The quantitative estimate of drug-likeness (QED) is 0.180. The van der Waals surface area contributed by atoms with E-state index in [-0.39, 0.29) is 0 Å². The summed E-state index contributed by atoms with van der Waals surface area (Å²) in [5.41, 5.74) is 6.65. The fraction of sp³-hybridized carbons (Fsp3) is 0. The molecule has 0 fully saturated rings. The van der Waals surface area contributed by atoms with Gasteiger partial charge in [-0.15, -0.1) is 11.3 Å². The molecular formula is C43H27N3S. The number of thiophene rings is 1. The van der Waals surface area contributed by atoms with Gasteiger partial charge in [0.05, 0.1) is 4.88 Å². The highest BCUT2D eigenvalue weighted by atomic mass is 32.1. The summed E-state index contributed by atoms with van der Waals surface area (Å²) < 4.78 is 1.21. The van der Waals surface area contributed by atoms with Crippen molar-refractivity contribution >= 4 is 43.0 Å². The molecule has 2 heterocycles. The monoisotopic (exact) mass is 617 g/mol. The molecule has 0 bridgehead atoms. The maximum absolute atomic E-state index is 5.27. The number of rotatable bonds is 5. The fourth-order valence-corrected chi connectivity index (χ4v) is 7.57. The molecule has 0 aliphatic rings. The maximum atomic E-state index is 5.27. The predicted octanol–water partition coefficient (Wildman–Crippen LogP) is 11.7. The highest BCUT2D eigenvalue weighted by Gasteiger charge is 2.21. The van der Waals surface area contributed by atoms with Crippen molar-refractivity contribution < 1.29 is 0 Å². The molecule has 9 aromatic rings. The summed E-state index contributed by atoms with van der Waals surface area (Å²) in [6, 6.07) is 57.5. The van der Waals surface area contributed by atoms with Gasteiger partial charge >= 0.3 is 0 Å². The first-order valence-electron chi connectivity index (χ1n) is 15.7. The van der Waals surface area contributed by atoms with Crippen LogP contribution in [-0.2, 0) is 0 Å². The third-order valence-electron chi connectivity index (χ3n) is 8.73. The zero-order valence-electron chi connectivity index (χ0n) is 25.3. The fourth-order valence-electron chi connectivity index (χ4n) is 6.57. The van der Waals surface area contributed by atoms with Crippen LogP contribution in [0, 0.1) is 0 Å². The Labute approximate surface area is 276 Å². The van der Waals surface area contributed by atoms with Gasteiger partial charge in [0, 0.05) is 15.8 Å². The molecule has 220 valence electrons. The molecule has 0 saturated carbocycles. The second-order valence-corrected chi connectivity index (χ2v) is 12.7. The van der Waals surface area contributed by atoms with Gasteiger partial charge in [-0.1, -0.05) is 146 Å². The third-order valence-corrected chi connectivity index (χ3v) is 9.84. The smallest absolute Gasteiger partial charge is 0.174 e. The van der Waals surface area contributed by atoms with Crippen molar-refractivity contribution in [3.63, 3.8) is 0 Å². The molecule has 2 aromatic heterocycles. The summed E-state index contributed by atoms with van der Waals surface area (Å²) in [7, 11) is 0. The minimum atomic E-state index is 0.653. The minimum Gasteiger partial charge on any atom is -0.208 e. The SMILES string of the molecule is c1ccc(-c2cccc(-c3nc(-c4cc5ccccc5s4)nc(-c4c5ccccc5c(-c5ccccc5)c5ccccc45)n3)c2)cc1. The van der Waals surface area contributed by atoms with E-state index in [0.717, 1.165) is 37.9 Å². The molecule has 0 atom stereocenters. The Balaban J connectivity index is 1.34. The molecule has 0 saturated heterocycles. The standard InChI is InChI=1S/C43H27N3S/c1-3-14-28(15-4-1)30-19-13-20-32(26-30)41-44-42(38-27-31-18-7-12-25-37(31)47-38)46-43(45-41)40-35-23-10-8-21-33(35)39(29-16-5-2-6-17-29)34-22-9-11-24-36(34)40/h1-27H. The van der Waals surface area contributed by atoms with Gasteiger partial charge in [-0.2, -0.15) is 0 Å². The van der Waals surface area contributed by atoms with Gasteiger partial charge in [-0.25, -0.2) is 15.0 Å². The molecule has 0 aliphatic heterocycles. The summed E-state index contributed by atoms with van der Waals surface area (Å²) in [6.45, 7) is 0. The number of benzene rings is 7. The van der Waals surface area contributed by atoms with Crippen LogP contribution in [0.5, 0.6) is 0 Å². The van der Waals surface area contributed by atoms with Crippen LogP contribution in [0.25, 0.3) is 87.4 Å². The summed E-state index contributed by atoms with van der Waals surface area (Å²) in [5.74, 6) is 2.00. The lowest BCUT2D eigenvalue weighted by Gasteiger charge is -2.17. The van der Waals surface area contributed by atoms with Gasteiger partial charge in [0.25, 0.3) is 0 Å². The molecular weight excluding hydrogens is 591 g/mol. The lowest BCUT2D eigenvalue weighted by atomic mass is 9.88. The average molecular weight is 618 g/mol. The topological polar surface area (TPSA) is 38.7 Å². The Morgan fingerprint density at radius 3 is 1.53 bits per heavy atom. The van der Waals surface area contributed by atoms with Crippen LogP contribution in [0.2, 0.25) is 0 Å². The molecule has 0 aliphatic carbocycles.